The number of hydrogen-bond acceptors (Lipinski definition) is 3. The van der Waals surface area contributed by atoms with Gasteiger partial charge in [-0.2, -0.15) is 0 Å². The van der Waals surface area contributed by atoms with E-state index in [1.807, 2.05) is 20.8 Å². The number of rotatable bonds is 0. The predicted molar refractivity (Wildman–Crippen MR) is 102 cm³/mol. The molecule has 0 unspecified atom stereocenters. The Labute approximate surface area is 257 Å². The van der Waals surface area contributed by atoms with Crippen molar-refractivity contribution in [2.45, 2.75) is 26.3 Å². The molecule has 0 fully saturated rings. The standard InChI is InChI=1S/C4H11N.CH5N3.CH5N.7HI.Pb/c1-4(2,3)5;2-1(3)4;1-2;;;;;;;;/h5H2,1-3H3;(H5,2,3,4);2H2,1H3;7*1H;/p-4. The van der Waals surface area contributed by atoms with Crippen molar-refractivity contribution >= 4 is 105 Å². The zero-order valence-electron chi connectivity index (χ0n) is 11.0. The van der Waals surface area contributed by atoms with Crippen LogP contribution < -0.4 is 119 Å². The summed E-state index contributed by atoms with van der Waals surface area (Å²) in [5.41, 5.74) is 18.8. The van der Waals surface area contributed by atoms with Crippen LogP contribution in [0, 0.1) is 5.41 Å². The minimum atomic E-state index is -0.333. The van der Waals surface area contributed by atoms with Gasteiger partial charge in [0.15, 0.2) is 5.96 Å². The van der Waals surface area contributed by atoms with Crippen LogP contribution in [0.2, 0.25) is 0 Å². The number of nitrogens with one attached hydrogen (secondary N) is 1. The van der Waals surface area contributed by atoms with E-state index in [-0.39, 0.29) is 207 Å². The average Bonchev–Trinajstić information content (AvgIpc) is 1.63. The molecule has 0 heterocycles. The summed E-state index contributed by atoms with van der Waals surface area (Å²) in [4.78, 5) is 0. The quantitative estimate of drug-likeness (QED) is 0.0716. The zero-order valence-corrected chi connectivity index (χ0v) is 30.6. The van der Waals surface area contributed by atoms with Gasteiger partial charge < -0.3 is 119 Å². The van der Waals surface area contributed by atoms with E-state index in [2.05, 4.69) is 17.2 Å². The van der Waals surface area contributed by atoms with Crippen molar-refractivity contribution in [1.29, 1.82) is 5.41 Å². The van der Waals surface area contributed by atoms with E-state index < -0.39 is 0 Å². The topological polar surface area (TPSA) is 128 Å². The van der Waals surface area contributed by atoms with Gasteiger partial charge in [0.1, 0.15) is 0 Å². The number of nitrogens with two attached hydrogens (primary N) is 4. The van der Waals surface area contributed by atoms with E-state index in [9.17, 15) is 0 Å². The van der Waals surface area contributed by atoms with E-state index in [1.165, 1.54) is 7.05 Å². The van der Waals surface area contributed by atoms with Crippen LogP contribution in [0.3, 0.4) is 0 Å². The van der Waals surface area contributed by atoms with Gasteiger partial charge >= 0.3 is 0 Å². The maximum Gasteiger partial charge on any atom is 0.183 e. The van der Waals surface area contributed by atoms with Gasteiger partial charge in [-0.3, -0.25) is 5.41 Å². The fraction of sp³-hybridized carbons (Fsp3) is 0.833. The van der Waals surface area contributed by atoms with Gasteiger partial charge in [0.25, 0.3) is 0 Å². The SMILES string of the molecule is CC(C)(C)N.CN.I.I.I.N=C(N)N.[I-].[I-].[I-].[I-].[Pb]. The molecule has 0 aromatic rings. The minimum absolute atomic E-state index is 0. The van der Waals surface area contributed by atoms with Crippen molar-refractivity contribution in [3.8, 4) is 0 Å². The third kappa shape index (κ3) is 384. The first-order valence-electron chi connectivity index (χ1n) is 3.19. The molecule has 0 rings (SSSR count). The fourth-order valence-electron chi connectivity index (χ4n) is 0. The normalized spacial score (nSPS) is 4.74. The Bertz CT molecular complexity index is 96.5. The first-order chi connectivity index (χ1) is 4.73. The summed E-state index contributed by atoms with van der Waals surface area (Å²) < 4.78 is 0. The van der Waals surface area contributed by atoms with Crippen molar-refractivity contribution in [1.82, 2.24) is 0 Å². The molecule has 0 aliphatic carbocycles. The molecule has 5 nitrogen and oxygen atoms in total. The summed E-state index contributed by atoms with van der Waals surface area (Å²) in [6.45, 7) is 5.90. The molecule has 0 saturated heterocycles. The Morgan fingerprint density at radius 2 is 0.789 bits per heavy atom. The molecule has 0 spiro atoms. The molecular weight excluding hydrogens is 1240 g/mol. The largest absolute Gasteiger partial charge is 1.00 e. The second-order valence-corrected chi connectivity index (χ2v) is 2.82. The molecule has 0 bridgehead atoms. The van der Waals surface area contributed by atoms with Gasteiger partial charge in [-0.25, -0.2) is 0 Å². The zero-order chi connectivity index (χ0) is 10.1. The van der Waals surface area contributed by atoms with Gasteiger partial charge in [-0.1, -0.05) is 0 Å². The van der Waals surface area contributed by atoms with Gasteiger partial charge in [0, 0.05) is 32.8 Å². The van der Waals surface area contributed by atoms with Crippen LogP contribution in [-0.4, -0.2) is 45.8 Å². The Morgan fingerprint density at radius 3 is 0.789 bits per heavy atom. The van der Waals surface area contributed by atoms with E-state index in [0.29, 0.717) is 0 Å². The summed E-state index contributed by atoms with van der Waals surface area (Å²) in [6.07, 6.45) is 0. The van der Waals surface area contributed by atoms with Crippen molar-refractivity contribution in [2.75, 3.05) is 7.05 Å². The van der Waals surface area contributed by atoms with Crippen molar-refractivity contribution in [2.24, 2.45) is 22.9 Å². The van der Waals surface area contributed by atoms with E-state index in [4.69, 9.17) is 11.1 Å². The maximum atomic E-state index is 6.06. The Hall–Kier alpha value is 5.22. The van der Waals surface area contributed by atoms with Crippen LogP contribution in [0.5, 0.6) is 0 Å². The summed E-state index contributed by atoms with van der Waals surface area (Å²) in [5, 5.41) is 6.06. The summed E-state index contributed by atoms with van der Waals surface area (Å²) in [6, 6.07) is 0. The second-order valence-electron chi connectivity index (χ2n) is 2.82. The van der Waals surface area contributed by atoms with Crippen molar-refractivity contribution in [3.63, 3.8) is 0 Å². The van der Waals surface area contributed by atoms with Crippen LogP contribution in [-0.2, 0) is 0 Å². The van der Waals surface area contributed by atoms with Crippen molar-refractivity contribution < 1.29 is 95.9 Å². The molecule has 0 aromatic heterocycles. The number of hydrogen-bond donors (Lipinski definition) is 5. The molecule has 130 valence electrons. The van der Waals surface area contributed by atoms with Crippen LogP contribution in [0.1, 0.15) is 20.8 Å². The Morgan fingerprint density at radius 1 is 0.789 bits per heavy atom. The monoisotopic (exact) mass is 1260 g/mol. The Balaban J connectivity index is -0.00000000484. The second kappa shape index (κ2) is 56.7. The molecule has 0 atom stereocenters. The molecule has 13 heteroatoms. The number of halogens is 7. The molecule has 4 radical (unpaired) electrons. The molecular formula is C6H24I7N5Pb-4. The summed E-state index contributed by atoms with van der Waals surface area (Å²) >= 11 is 0. The third-order valence-corrected chi connectivity index (χ3v) is 0. The molecule has 0 amide bonds. The fourth-order valence-corrected chi connectivity index (χ4v) is 0. The minimum Gasteiger partial charge on any atom is -1.00 e. The van der Waals surface area contributed by atoms with Crippen molar-refractivity contribution in [3.05, 3.63) is 0 Å². The van der Waals surface area contributed by atoms with Gasteiger partial charge in [0.2, 0.25) is 0 Å². The van der Waals surface area contributed by atoms with E-state index in [0.717, 1.165) is 0 Å². The third-order valence-electron chi connectivity index (χ3n) is 0. The van der Waals surface area contributed by atoms with Crippen LogP contribution in [0.25, 0.3) is 0 Å². The van der Waals surface area contributed by atoms with Crippen LogP contribution >= 0.6 is 71.9 Å². The predicted octanol–water partition coefficient (Wildman–Crippen LogP) is -11.4. The number of guanidine groups is 1. The van der Waals surface area contributed by atoms with Gasteiger partial charge in [-0.05, 0) is 27.8 Å². The average molecular weight is 1260 g/mol. The molecule has 9 N–H and O–H groups in total. The molecule has 0 aliphatic rings. The van der Waals surface area contributed by atoms with Gasteiger partial charge in [-0.15, -0.1) is 71.9 Å². The molecule has 0 aromatic carbocycles. The van der Waals surface area contributed by atoms with Gasteiger partial charge in [0.05, 0.1) is 0 Å². The van der Waals surface area contributed by atoms with Crippen LogP contribution in [0.4, 0.5) is 0 Å². The molecule has 0 aliphatic heterocycles. The van der Waals surface area contributed by atoms with E-state index >= 15 is 0 Å². The summed E-state index contributed by atoms with van der Waals surface area (Å²) in [5.74, 6) is -0.333. The first kappa shape index (κ1) is 74.7. The molecule has 0 saturated carbocycles. The smallest absolute Gasteiger partial charge is 0.183 e. The maximum absolute atomic E-state index is 6.06. The first-order valence-corrected chi connectivity index (χ1v) is 3.19. The molecule has 19 heavy (non-hydrogen) atoms. The van der Waals surface area contributed by atoms with E-state index in [1.54, 1.807) is 0 Å². The summed E-state index contributed by atoms with van der Waals surface area (Å²) in [7, 11) is 1.50. The van der Waals surface area contributed by atoms with Crippen LogP contribution in [0.15, 0.2) is 0 Å². The Kier molecular flexibility index (Phi) is 223.